The highest BCUT2D eigenvalue weighted by Gasteiger charge is 2.43. The third kappa shape index (κ3) is 3.80. The number of nitrogens with zero attached hydrogens (tertiary/aromatic N) is 1. The zero-order valence-corrected chi connectivity index (χ0v) is 13.0. The minimum absolute atomic E-state index is 0.190. The Bertz CT molecular complexity index is 482. The highest BCUT2D eigenvalue weighted by Crippen LogP contribution is 2.49. The van der Waals surface area contributed by atoms with Crippen molar-refractivity contribution in [1.29, 1.82) is 0 Å². The normalized spacial score (nSPS) is 25.0. The predicted molar refractivity (Wildman–Crippen MR) is 84.2 cm³/mol. The number of likely N-dealkylation sites (tertiary alicyclic amines) is 1. The topological polar surface area (TPSA) is 49.8 Å². The summed E-state index contributed by atoms with van der Waals surface area (Å²) in [6, 6.07) is 9.79. The molecule has 1 amide bonds. The van der Waals surface area contributed by atoms with Crippen LogP contribution in [0.15, 0.2) is 30.3 Å². The van der Waals surface area contributed by atoms with Gasteiger partial charge in [0, 0.05) is 19.7 Å². The van der Waals surface area contributed by atoms with Gasteiger partial charge in [0.15, 0.2) is 0 Å². The van der Waals surface area contributed by atoms with Gasteiger partial charge in [-0.15, -0.1) is 0 Å². The molecule has 0 spiro atoms. The Hall–Kier alpha value is -1.55. The van der Waals surface area contributed by atoms with E-state index in [0.717, 1.165) is 55.7 Å². The largest absolute Gasteiger partial charge is 0.445 e. The molecule has 1 aromatic rings. The molecule has 0 radical (unpaired) electrons. The van der Waals surface area contributed by atoms with E-state index in [4.69, 9.17) is 9.84 Å². The van der Waals surface area contributed by atoms with E-state index in [1.54, 1.807) is 0 Å². The second-order valence-corrected chi connectivity index (χ2v) is 6.54. The highest BCUT2D eigenvalue weighted by atomic mass is 16.6. The lowest BCUT2D eigenvalue weighted by Crippen LogP contribution is -2.39. The van der Waals surface area contributed by atoms with Gasteiger partial charge in [-0.05, 0) is 49.0 Å². The number of carbonyl (C=O) groups excluding carboxylic acids is 1. The van der Waals surface area contributed by atoms with E-state index in [9.17, 15) is 4.79 Å². The molecule has 2 fully saturated rings. The summed E-state index contributed by atoms with van der Waals surface area (Å²) < 4.78 is 5.39. The molecule has 1 aliphatic carbocycles. The molecule has 2 unspecified atom stereocenters. The summed E-state index contributed by atoms with van der Waals surface area (Å²) in [4.78, 5) is 13.9. The number of aliphatic hydroxyl groups excluding tert-OH is 1. The summed E-state index contributed by atoms with van der Waals surface area (Å²) in [5.74, 6) is 2.25. The number of piperidine rings is 1. The van der Waals surface area contributed by atoms with Crippen LogP contribution in [0.25, 0.3) is 0 Å². The van der Waals surface area contributed by atoms with Crippen molar-refractivity contribution < 1.29 is 14.6 Å². The van der Waals surface area contributed by atoms with E-state index in [1.807, 2.05) is 35.2 Å². The van der Waals surface area contributed by atoms with Crippen LogP contribution in [0.4, 0.5) is 4.79 Å². The predicted octanol–water partition coefficient (Wildman–Crippen LogP) is 3.05. The summed E-state index contributed by atoms with van der Waals surface area (Å²) in [6.45, 7) is 2.27. The summed E-state index contributed by atoms with van der Waals surface area (Å²) in [5, 5.41) is 8.99. The van der Waals surface area contributed by atoms with E-state index >= 15 is 0 Å². The van der Waals surface area contributed by atoms with Crippen LogP contribution in [0.3, 0.4) is 0 Å². The average molecular weight is 303 g/mol. The highest BCUT2D eigenvalue weighted by molar-refractivity contribution is 5.67. The smallest absolute Gasteiger partial charge is 0.410 e. The molecule has 4 nitrogen and oxygen atoms in total. The van der Waals surface area contributed by atoms with Crippen molar-refractivity contribution in [2.75, 3.05) is 19.7 Å². The van der Waals surface area contributed by atoms with E-state index in [-0.39, 0.29) is 6.09 Å². The molecule has 4 heteroatoms. The first-order valence-corrected chi connectivity index (χ1v) is 8.34. The van der Waals surface area contributed by atoms with Crippen molar-refractivity contribution in [2.45, 2.75) is 32.3 Å². The minimum atomic E-state index is -0.190. The number of benzene rings is 1. The molecule has 2 atom stereocenters. The van der Waals surface area contributed by atoms with Crippen LogP contribution in [-0.2, 0) is 11.3 Å². The molecule has 0 bridgehead atoms. The number of rotatable bonds is 5. The lowest BCUT2D eigenvalue weighted by molar-refractivity contribution is 0.0795. The minimum Gasteiger partial charge on any atom is -0.445 e. The number of hydrogen-bond acceptors (Lipinski definition) is 3. The van der Waals surface area contributed by atoms with Crippen LogP contribution < -0.4 is 0 Å². The molecule has 1 saturated heterocycles. The number of ether oxygens (including phenoxy) is 1. The Labute approximate surface area is 132 Å². The maximum absolute atomic E-state index is 12.1. The summed E-state index contributed by atoms with van der Waals surface area (Å²) >= 11 is 0. The molecule has 22 heavy (non-hydrogen) atoms. The van der Waals surface area contributed by atoms with Gasteiger partial charge in [0.25, 0.3) is 0 Å². The fourth-order valence-electron chi connectivity index (χ4n) is 3.67. The van der Waals surface area contributed by atoms with Gasteiger partial charge in [0.2, 0.25) is 0 Å². The monoisotopic (exact) mass is 303 g/mol. The molecule has 1 heterocycles. The molecular formula is C18H25NO3. The Balaban J connectivity index is 1.39. The second kappa shape index (κ2) is 7.14. The summed E-state index contributed by atoms with van der Waals surface area (Å²) in [7, 11) is 0. The number of carbonyl (C=O) groups is 1. The zero-order valence-electron chi connectivity index (χ0n) is 13.0. The van der Waals surface area contributed by atoms with Crippen LogP contribution in [0.5, 0.6) is 0 Å². The first-order chi connectivity index (χ1) is 10.8. The maximum Gasteiger partial charge on any atom is 0.410 e. The fourth-order valence-corrected chi connectivity index (χ4v) is 3.67. The lowest BCUT2D eigenvalue weighted by Gasteiger charge is -2.31. The van der Waals surface area contributed by atoms with Crippen molar-refractivity contribution in [2.24, 2.45) is 17.8 Å². The van der Waals surface area contributed by atoms with Crippen LogP contribution in [0.2, 0.25) is 0 Å². The third-order valence-corrected chi connectivity index (χ3v) is 5.09. The van der Waals surface area contributed by atoms with Crippen LogP contribution in [-0.4, -0.2) is 35.8 Å². The van der Waals surface area contributed by atoms with Crippen molar-refractivity contribution >= 4 is 6.09 Å². The summed E-state index contributed by atoms with van der Waals surface area (Å²) in [6.07, 6.45) is 4.18. The van der Waals surface area contributed by atoms with Crippen molar-refractivity contribution in [3.05, 3.63) is 35.9 Å². The zero-order chi connectivity index (χ0) is 15.4. The Morgan fingerprint density at radius 3 is 2.64 bits per heavy atom. The van der Waals surface area contributed by atoms with E-state index in [1.165, 1.54) is 6.42 Å². The Morgan fingerprint density at radius 1 is 1.23 bits per heavy atom. The third-order valence-electron chi connectivity index (χ3n) is 5.09. The van der Waals surface area contributed by atoms with Gasteiger partial charge < -0.3 is 14.7 Å². The second-order valence-electron chi connectivity index (χ2n) is 6.54. The molecule has 120 valence electrons. The van der Waals surface area contributed by atoms with Gasteiger partial charge in [-0.2, -0.15) is 0 Å². The molecule has 3 rings (SSSR count). The van der Waals surface area contributed by atoms with Crippen LogP contribution >= 0.6 is 0 Å². The number of hydrogen-bond donors (Lipinski definition) is 1. The van der Waals surface area contributed by atoms with Gasteiger partial charge in [0.1, 0.15) is 6.61 Å². The molecular weight excluding hydrogens is 278 g/mol. The van der Waals surface area contributed by atoms with Crippen molar-refractivity contribution in [1.82, 2.24) is 4.90 Å². The Morgan fingerprint density at radius 2 is 1.95 bits per heavy atom. The molecule has 1 aliphatic heterocycles. The first kappa shape index (κ1) is 15.3. The number of amides is 1. The van der Waals surface area contributed by atoms with Crippen molar-refractivity contribution in [3.63, 3.8) is 0 Å². The first-order valence-electron chi connectivity index (χ1n) is 8.34. The molecule has 1 aromatic carbocycles. The molecule has 1 saturated carbocycles. The summed E-state index contributed by atoms with van der Waals surface area (Å²) in [5.41, 5.74) is 1.02. The number of aliphatic hydroxyl groups is 1. The average Bonchev–Trinajstić information content (AvgIpc) is 3.33. The van der Waals surface area contributed by atoms with Crippen LogP contribution in [0, 0.1) is 17.8 Å². The molecule has 1 N–H and O–H groups in total. The quantitative estimate of drug-likeness (QED) is 0.909. The lowest BCUT2D eigenvalue weighted by atomic mass is 9.91. The van der Waals surface area contributed by atoms with Crippen LogP contribution in [0.1, 0.15) is 31.2 Å². The van der Waals surface area contributed by atoms with E-state index in [0.29, 0.717) is 13.2 Å². The fraction of sp³-hybridized carbons (Fsp3) is 0.611. The van der Waals surface area contributed by atoms with E-state index < -0.39 is 0 Å². The van der Waals surface area contributed by atoms with Crippen molar-refractivity contribution in [3.8, 4) is 0 Å². The SMILES string of the molecule is O=C(OCc1ccccc1)N1CCC(C2CC2CCO)CC1. The molecule has 2 aliphatic rings. The van der Waals surface area contributed by atoms with E-state index in [2.05, 4.69) is 0 Å². The molecule has 0 aromatic heterocycles. The maximum atomic E-state index is 12.1. The Kier molecular flexibility index (Phi) is 4.98. The van der Waals surface area contributed by atoms with Gasteiger partial charge in [-0.3, -0.25) is 0 Å². The van der Waals surface area contributed by atoms with Gasteiger partial charge in [-0.1, -0.05) is 30.3 Å². The van der Waals surface area contributed by atoms with Gasteiger partial charge in [-0.25, -0.2) is 4.79 Å². The van der Waals surface area contributed by atoms with Gasteiger partial charge in [0.05, 0.1) is 0 Å². The standard InChI is InChI=1S/C18H25NO3/c20-11-8-16-12-17(16)15-6-9-19(10-7-15)18(21)22-13-14-4-2-1-3-5-14/h1-5,15-17,20H,6-13H2. The van der Waals surface area contributed by atoms with Gasteiger partial charge >= 0.3 is 6.09 Å².